The third-order valence-corrected chi connectivity index (χ3v) is 3.88. The Hall–Kier alpha value is -2.33. The van der Waals surface area contributed by atoms with Gasteiger partial charge in [0.1, 0.15) is 0 Å². The van der Waals surface area contributed by atoms with Crippen LogP contribution < -0.4 is 10.6 Å². The Labute approximate surface area is 124 Å². The number of fused-ring (bicyclic) bond motifs is 1. The first kappa shape index (κ1) is 13.6. The second-order valence-electron chi connectivity index (χ2n) is 5.34. The highest BCUT2D eigenvalue weighted by atomic mass is 16.2. The van der Waals surface area contributed by atoms with Gasteiger partial charge in [0.15, 0.2) is 0 Å². The van der Waals surface area contributed by atoms with E-state index in [1.165, 1.54) is 11.1 Å². The van der Waals surface area contributed by atoms with Gasteiger partial charge in [-0.15, -0.1) is 0 Å². The van der Waals surface area contributed by atoms with E-state index in [-0.39, 0.29) is 12.1 Å². The van der Waals surface area contributed by atoms with E-state index in [1.54, 1.807) is 11.9 Å². The van der Waals surface area contributed by atoms with Crippen LogP contribution in [0.4, 0.5) is 10.5 Å². The number of hydrogen-bond acceptors (Lipinski definition) is 2. The minimum absolute atomic E-state index is 0.0523. The van der Waals surface area contributed by atoms with Crippen LogP contribution in [0.15, 0.2) is 48.5 Å². The number of carbonyl (C=O) groups excluding carboxylic acids is 1. The van der Waals surface area contributed by atoms with Crippen LogP contribution in [-0.4, -0.2) is 25.0 Å². The molecule has 1 atom stereocenters. The van der Waals surface area contributed by atoms with E-state index in [0.717, 1.165) is 11.3 Å². The van der Waals surface area contributed by atoms with Gasteiger partial charge in [0.2, 0.25) is 0 Å². The summed E-state index contributed by atoms with van der Waals surface area (Å²) in [6.07, 6.45) is 0. The molecular formula is C17H19N3O. The van der Waals surface area contributed by atoms with Gasteiger partial charge in [0, 0.05) is 19.3 Å². The lowest BCUT2D eigenvalue weighted by Crippen LogP contribution is -2.35. The molecule has 0 bridgehead atoms. The topological polar surface area (TPSA) is 44.4 Å². The summed E-state index contributed by atoms with van der Waals surface area (Å²) in [5.74, 6) is 0. The van der Waals surface area contributed by atoms with E-state index in [9.17, 15) is 4.79 Å². The van der Waals surface area contributed by atoms with Crippen LogP contribution in [0, 0.1) is 0 Å². The van der Waals surface area contributed by atoms with Gasteiger partial charge in [0.25, 0.3) is 0 Å². The molecule has 108 valence electrons. The van der Waals surface area contributed by atoms with Crippen LogP contribution in [0.25, 0.3) is 0 Å². The molecule has 0 aliphatic carbocycles. The number of anilines is 1. The molecule has 2 aromatic rings. The summed E-state index contributed by atoms with van der Waals surface area (Å²) >= 11 is 0. The maximum Gasteiger partial charge on any atom is 0.321 e. The Morgan fingerprint density at radius 2 is 1.90 bits per heavy atom. The molecule has 1 aliphatic rings. The molecule has 0 saturated heterocycles. The van der Waals surface area contributed by atoms with Gasteiger partial charge in [-0.3, -0.25) is 0 Å². The summed E-state index contributed by atoms with van der Waals surface area (Å²) < 4.78 is 0. The molecule has 0 spiro atoms. The summed E-state index contributed by atoms with van der Waals surface area (Å²) in [5.41, 5.74) is 4.48. The predicted octanol–water partition coefficient (Wildman–Crippen LogP) is 2.97. The average molecular weight is 281 g/mol. The Balaban J connectivity index is 1.96. The molecule has 4 nitrogen and oxygen atoms in total. The van der Waals surface area contributed by atoms with Crippen molar-refractivity contribution in [3.63, 3.8) is 0 Å². The molecule has 0 fully saturated rings. The zero-order valence-electron chi connectivity index (χ0n) is 12.3. The molecule has 21 heavy (non-hydrogen) atoms. The molecule has 1 heterocycles. The number of hydrogen-bond donors (Lipinski definition) is 2. The Bertz CT molecular complexity index is 654. The monoisotopic (exact) mass is 281 g/mol. The van der Waals surface area contributed by atoms with Crippen molar-refractivity contribution in [1.29, 1.82) is 0 Å². The third kappa shape index (κ3) is 2.62. The summed E-state index contributed by atoms with van der Waals surface area (Å²) in [5, 5.41) is 6.26. The van der Waals surface area contributed by atoms with Crippen LogP contribution in [0.2, 0.25) is 0 Å². The zero-order chi connectivity index (χ0) is 14.8. The lowest BCUT2D eigenvalue weighted by Gasteiger charge is -2.27. The fourth-order valence-electron chi connectivity index (χ4n) is 2.76. The van der Waals surface area contributed by atoms with Crippen molar-refractivity contribution in [2.24, 2.45) is 0 Å². The van der Waals surface area contributed by atoms with E-state index >= 15 is 0 Å². The zero-order valence-corrected chi connectivity index (χ0v) is 12.3. The number of urea groups is 1. The second-order valence-corrected chi connectivity index (χ2v) is 5.34. The highest BCUT2D eigenvalue weighted by Gasteiger charge is 2.21. The Morgan fingerprint density at radius 3 is 2.62 bits per heavy atom. The van der Waals surface area contributed by atoms with Gasteiger partial charge in [-0.1, -0.05) is 42.5 Å². The number of benzene rings is 2. The van der Waals surface area contributed by atoms with E-state index < -0.39 is 0 Å². The Morgan fingerprint density at radius 1 is 1.14 bits per heavy atom. The third-order valence-electron chi connectivity index (χ3n) is 3.88. The number of rotatable bonds is 3. The smallest absolute Gasteiger partial charge is 0.321 e. The highest BCUT2D eigenvalue weighted by molar-refractivity contribution is 5.92. The van der Waals surface area contributed by atoms with Crippen LogP contribution >= 0.6 is 0 Å². The van der Waals surface area contributed by atoms with Crippen molar-refractivity contribution < 1.29 is 4.79 Å². The van der Waals surface area contributed by atoms with E-state index in [2.05, 4.69) is 34.9 Å². The van der Waals surface area contributed by atoms with Crippen molar-refractivity contribution in [3.05, 3.63) is 65.2 Å². The average Bonchev–Trinajstić information content (AvgIpc) is 2.50. The molecule has 2 amide bonds. The second kappa shape index (κ2) is 5.58. The normalized spacial score (nSPS) is 15.3. The van der Waals surface area contributed by atoms with Crippen LogP contribution in [0.5, 0.6) is 0 Å². The maximum atomic E-state index is 11.7. The van der Waals surface area contributed by atoms with Gasteiger partial charge >= 0.3 is 6.03 Å². The summed E-state index contributed by atoms with van der Waals surface area (Å²) in [6.45, 7) is 0.639. The molecule has 4 heteroatoms. The molecule has 0 aromatic heterocycles. The van der Waals surface area contributed by atoms with Gasteiger partial charge in [-0.25, -0.2) is 4.79 Å². The van der Waals surface area contributed by atoms with Crippen molar-refractivity contribution in [2.45, 2.75) is 12.6 Å². The summed E-state index contributed by atoms with van der Waals surface area (Å²) in [7, 11) is 3.77. The standard InChI is InChI=1S/C17H19N3O/c1-18-16(12-6-4-3-5-7-12)13-8-9-15-14(10-13)11-20(2)17(21)19-15/h3-10,16,18H,11H2,1-2H3,(H,19,21). The molecule has 3 rings (SSSR count). The Kier molecular flexibility index (Phi) is 3.62. The van der Waals surface area contributed by atoms with Crippen molar-refractivity contribution in [2.75, 3.05) is 19.4 Å². The number of carbonyl (C=O) groups is 1. The summed E-state index contributed by atoms with van der Waals surface area (Å²) in [4.78, 5) is 13.3. The minimum Gasteiger partial charge on any atom is -0.323 e. The molecule has 2 aromatic carbocycles. The molecule has 0 saturated carbocycles. The first-order chi connectivity index (χ1) is 10.2. The van der Waals surface area contributed by atoms with Crippen molar-refractivity contribution in [3.8, 4) is 0 Å². The van der Waals surface area contributed by atoms with Gasteiger partial charge < -0.3 is 15.5 Å². The fourth-order valence-corrected chi connectivity index (χ4v) is 2.76. The maximum absolute atomic E-state index is 11.7. The number of nitrogens with one attached hydrogen (secondary N) is 2. The largest absolute Gasteiger partial charge is 0.323 e. The molecule has 1 unspecified atom stereocenters. The van der Waals surface area contributed by atoms with Crippen LogP contribution in [0.3, 0.4) is 0 Å². The van der Waals surface area contributed by atoms with E-state index in [4.69, 9.17) is 0 Å². The highest BCUT2D eigenvalue weighted by Crippen LogP contribution is 2.28. The predicted molar refractivity (Wildman–Crippen MR) is 84.3 cm³/mol. The van der Waals surface area contributed by atoms with Crippen LogP contribution in [-0.2, 0) is 6.54 Å². The fraction of sp³-hybridized carbons (Fsp3) is 0.235. The number of nitrogens with zero attached hydrogens (tertiary/aromatic N) is 1. The van der Waals surface area contributed by atoms with E-state index in [0.29, 0.717) is 6.54 Å². The lowest BCUT2D eigenvalue weighted by atomic mass is 9.96. The quantitative estimate of drug-likeness (QED) is 0.908. The first-order valence-electron chi connectivity index (χ1n) is 7.06. The number of amides is 2. The van der Waals surface area contributed by atoms with Gasteiger partial charge in [-0.2, -0.15) is 0 Å². The van der Waals surface area contributed by atoms with Crippen LogP contribution in [0.1, 0.15) is 22.7 Å². The molecule has 1 aliphatic heterocycles. The van der Waals surface area contributed by atoms with Gasteiger partial charge in [-0.05, 0) is 29.8 Å². The summed E-state index contributed by atoms with van der Waals surface area (Å²) in [6, 6.07) is 16.7. The molecular weight excluding hydrogens is 262 g/mol. The first-order valence-corrected chi connectivity index (χ1v) is 7.06. The SMILES string of the molecule is CNC(c1ccccc1)c1ccc2c(c1)CN(C)C(=O)N2. The van der Waals surface area contributed by atoms with E-state index in [1.807, 2.05) is 31.3 Å². The minimum atomic E-state index is -0.0523. The molecule has 2 N–H and O–H groups in total. The van der Waals surface area contributed by atoms with Gasteiger partial charge in [0.05, 0.1) is 6.04 Å². The lowest BCUT2D eigenvalue weighted by molar-refractivity contribution is 0.218. The molecule has 0 radical (unpaired) electrons. The van der Waals surface area contributed by atoms with Crippen molar-refractivity contribution in [1.82, 2.24) is 10.2 Å². The van der Waals surface area contributed by atoms with Crippen molar-refractivity contribution >= 4 is 11.7 Å².